The monoisotopic (exact) mass is 542 g/mol. The highest BCUT2D eigenvalue weighted by Gasteiger charge is 2.21. The molecule has 0 aliphatic rings. The van der Waals surface area contributed by atoms with Crippen molar-refractivity contribution in [1.29, 1.82) is 0 Å². The van der Waals surface area contributed by atoms with Crippen LogP contribution in [0.25, 0.3) is 81.3 Å². The quantitative estimate of drug-likeness (QED) is 0.222. The van der Waals surface area contributed by atoms with Crippen molar-refractivity contribution >= 4 is 65.3 Å². The molecule has 0 aliphatic heterocycles. The van der Waals surface area contributed by atoms with Crippen LogP contribution in [0.1, 0.15) is 0 Å². The first kappa shape index (κ1) is 22.6. The molecule has 192 valence electrons. The van der Waals surface area contributed by atoms with Gasteiger partial charge in [0.1, 0.15) is 11.2 Å². The Morgan fingerprint density at radius 3 is 1.88 bits per heavy atom. The first-order chi connectivity index (χ1) is 20.3. The van der Waals surface area contributed by atoms with Crippen LogP contribution in [0.5, 0.6) is 0 Å². The normalized spacial score (nSPS) is 11.9. The van der Waals surface area contributed by atoms with E-state index in [-0.39, 0.29) is 0 Å². The second-order valence-corrected chi connectivity index (χ2v) is 11.4. The molecule has 9 aromatic rings. The molecule has 0 radical (unpaired) electrons. The predicted molar refractivity (Wildman–Crippen MR) is 172 cm³/mol. The van der Waals surface area contributed by atoms with E-state index in [0.717, 1.165) is 59.4 Å². The lowest BCUT2D eigenvalue weighted by atomic mass is 9.98. The molecule has 41 heavy (non-hydrogen) atoms. The molecule has 3 heterocycles. The maximum Gasteiger partial charge on any atom is 0.195 e. The number of thiazole rings is 1. The van der Waals surface area contributed by atoms with E-state index < -0.39 is 0 Å². The Balaban J connectivity index is 1.32. The summed E-state index contributed by atoms with van der Waals surface area (Å²) in [5, 5.41) is 5.60. The van der Waals surface area contributed by atoms with Gasteiger partial charge in [0.25, 0.3) is 0 Å². The maximum atomic E-state index is 6.56. The third-order valence-corrected chi connectivity index (χ3v) is 9.06. The van der Waals surface area contributed by atoms with Gasteiger partial charge in [-0.25, -0.2) is 4.98 Å². The number of hydrogen-bond donors (Lipinski definition) is 0. The topological polar surface area (TPSA) is 31.0 Å². The fraction of sp³-hybridized carbons (Fsp3) is 0. The lowest BCUT2D eigenvalue weighted by Crippen LogP contribution is -1.92. The van der Waals surface area contributed by atoms with Gasteiger partial charge in [-0.2, -0.15) is 0 Å². The smallest absolute Gasteiger partial charge is 0.195 e. The molecule has 0 saturated heterocycles. The lowest BCUT2D eigenvalue weighted by Gasteiger charge is -2.06. The van der Waals surface area contributed by atoms with Crippen LogP contribution >= 0.6 is 11.3 Å². The van der Waals surface area contributed by atoms with Crippen LogP contribution in [-0.4, -0.2) is 9.55 Å². The Labute approximate surface area is 239 Å². The Morgan fingerprint density at radius 2 is 1.15 bits per heavy atom. The van der Waals surface area contributed by atoms with Gasteiger partial charge in [0.15, 0.2) is 5.13 Å². The molecule has 0 bridgehead atoms. The van der Waals surface area contributed by atoms with Crippen molar-refractivity contribution in [2.45, 2.75) is 0 Å². The number of aromatic nitrogens is 2. The van der Waals surface area contributed by atoms with E-state index in [1.165, 1.54) is 21.9 Å². The fourth-order valence-corrected chi connectivity index (χ4v) is 7.22. The van der Waals surface area contributed by atoms with Crippen LogP contribution in [0.3, 0.4) is 0 Å². The first-order valence-electron chi connectivity index (χ1n) is 13.7. The van der Waals surface area contributed by atoms with Crippen LogP contribution in [0.15, 0.2) is 138 Å². The second kappa shape index (κ2) is 8.65. The molecule has 0 fully saturated rings. The molecule has 0 unspecified atom stereocenters. The molecular formula is C37H22N2OS. The first-order valence-corrected chi connectivity index (χ1v) is 14.5. The maximum absolute atomic E-state index is 6.56. The van der Waals surface area contributed by atoms with Crippen LogP contribution in [-0.2, 0) is 0 Å². The van der Waals surface area contributed by atoms with Gasteiger partial charge < -0.3 is 4.42 Å². The third kappa shape index (κ3) is 3.35. The van der Waals surface area contributed by atoms with E-state index in [1.807, 2.05) is 18.2 Å². The van der Waals surface area contributed by atoms with E-state index >= 15 is 0 Å². The molecule has 6 aromatic carbocycles. The average Bonchev–Trinajstić information content (AvgIpc) is 3.72. The van der Waals surface area contributed by atoms with E-state index in [9.17, 15) is 0 Å². The molecule has 4 heteroatoms. The van der Waals surface area contributed by atoms with Gasteiger partial charge in [-0.15, -0.1) is 0 Å². The van der Waals surface area contributed by atoms with Gasteiger partial charge in [-0.1, -0.05) is 121 Å². The largest absolute Gasteiger partial charge is 0.455 e. The number of fused-ring (bicyclic) bond motifs is 8. The van der Waals surface area contributed by atoms with Crippen molar-refractivity contribution in [2.24, 2.45) is 0 Å². The molecule has 0 spiro atoms. The molecular weight excluding hydrogens is 520 g/mol. The van der Waals surface area contributed by atoms with Gasteiger partial charge in [0.05, 0.1) is 26.6 Å². The zero-order valence-electron chi connectivity index (χ0n) is 21.9. The van der Waals surface area contributed by atoms with Crippen LogP contribution < -0.4 is 0 Å². The SMILES string of the molecule is c1ccc(-c2ccc(-c3cc4sc(-n5c6ccccc6c6ccccc65)nc4c4c3oc3ccccc34)cc2)cc1. The van der Waals surface area contributed by atoms with E-state index in [0.29, 0.717) is 0 Å². The average molecular weight is 543 g/mol. The minimum absolute atomic E-state index is 0.878. The molecule has 3 nitrogen and oxygen atoms in total. The Hall–Kier alpha value is -5.19. The van der Waals surface area contributed by atoms with Crippen molar-refractivity contribution < 1.29 is 4.42 Å². The Bertz CT molecular complexity index is 2360. The highest BCUT2D eigenvalue weighted by molar-refractivity contribution is 7.21. The summed E-state index contributed by atoms with van der Waals surface area (Å²) in [6.45, 7) is 0. The number of furan rings is 1. The van der Waals surface area contributed by atoms with Gasteiger partial charge in [0, 0.05) is 21.7 Å². The van der Waals surface area contributed by atoms with E-state index in [1.54, 1.807) is 11.3 Å². The molecule has 0 atom stereocenters. The summed E-state index contributed by atoms with van der Waals surface area (Å²) in [6.07, 6.45) is 0. The van der Waals surface area contributed by atoms with Gasteiger partial charge in [0.2, 0.25) is 0 Å². The van der Waals surface area contributed by atoms with Gasteiger partial charge in [-0.05, 0) is 41.0 Å². The molecule has 0 amide bonds. The summed E-state index contributed by atoms with van der Waals surface area (Å²) < 4.78 is 10.0. The Kier molecular flexibility index (Phi) is 4.77. The summed E-state index contributed by atoms with van der Waals surface area (Å²) in [4.78, 5) is 5.32. The Morgan fingerprint density at radius 1 is 0.561 bits per heavy atom. The van der Waals surface area contributed by atoms with E-state index in [4.69, 9.17) is 9.40 Å². The van der Waals surface area contributed by atoms with Crippen molar-refractivity contribution in [3.8, 4) is 27.4 Å². The second-order valence-electron chi connectivity index (χ2n) is 10.4. The number of nitrogens with zero attached hydrogens (tertiary/aromatic N) is 2. The van der Waals surface area contributed by atoms with Crippen molar-refractivity contribution in [1.82, 2.24) is 9.55 Å². The minimum Gasteiger partial charge on any atom is -0.455 e. The summed E-state index contributed by atoms with van der Waals surface area (Å²) in [6, 6.07) is 47.0. The zero-order chi connectivity index (χ0) is 26.9. The zero-order valence-corrected chi connectivity index (χ0v) is 22.7. The number of rotatable bonds is 3. The van der Waals surface area contributed by atoms with Crippen LogP contribution in [0.2, 0.25) is 0 Å². The molecule has 3 aromatic heterocycles. The van der Waals surface area contributed by atoms with Crippen molar-refractivity contribution in [3.63, 3.8) is 0 Å². The summed E-state index contributed by atoms with van der Waals surface area (Å²) in [5.41, 5.74) is 9.69. The van der Waals surface area contributed by atoms with Crippen molar-refractivity contribution in [3.05, 3.63) is 133 Å². The third-order valence-electron chi connectivity index (χ3n) is 8.07. The van der Waals surface area contributed by atoms with Gasteiger partial charge >= 0.3 is 0 Å². The summed E-state index contributed by atoms with van der Waals surface area (Å²) >= 11 is 1.73. The number of hydrogen-bond acceptors (Lipinski definition) is 3. The predicted octanol–water partition coefficient (Wildman–Crippen LogP) is 10.6. The fourth-order valence-electron chi connectivity index (χ4n) is 6.18. The van der Waals surface area contributed by atoms with Gasteiger partial charge in [-0.3, -0.25) is 4.57 Å². The standard InChI is InChI=1S/C37H22N2OS/c1-2-10-23(11-3-1)24-18-20-25(21-19-24)29-22-33-35(34-28-14-6-9-17-32(28)40-36(29)34)38-37(41-33)39-30-15-7-4-12-26(30)27-13-5-8-16-31(27)39/h1-22H. The van der Waals surface area contributed by atoms with Crippen LogP contribution in [0, 0.1) is 0 Å². The molecule has 0 saturated carbocycles. The van der Waals surface area contributed by atoms with Crippen LogP contribution in [0.4, 0.5) is 0 Å². The van der Waals surface area contributed by atoms with E-state index in [2.05, 4.69) is 120 Å². The lowest BCUT2D eigenvalue weighted by molar-refractivity contribution is 0.670. The molecule has 0 aliphatic carbocycles. The highest BCUT2D eigenvalue weighted by atomic mass is 32.1. The number of para-hydroxylation sites is 3. The van der Waals surface area contributed by atoms with Crippen molar-refractivity contribution in [2.75, 3.05) is 0 Å². The highest BCUT2D eigenvalue weighted by Crippen LogP contribution is 2.44. The summed E-state index contributed by atoms with van der Waals surface area (Å²) in [5.74, 6) is 0. The number of benzene rings is 6. The minimum atomic E-state index is 0.878. The molecule has 9 rings (SSSR count). The molecule has 0 N–H and O–H groups in total. The summed E-state index contributed by atoms with van der Waals surface area (Å²) in [7, 11) is 0.